The second kappa shape index (κ2) is 24.1. The molecule has 0 aliphatic carbocycles. The Balaban J connectivity index is 0.000000163. The van der Waals surface area contributed by atoms with Gasteiger partial charge in [0.15, 0.2) is 19.8 Å². The number of halogens is 3. The molecule has 0 aliphatic rings. The topological polar surface area (TPSA) is 105 Å². The van der Waals surface area contributed by atoms with Crippen molar-refractivity contribution in [2.45, 2.75) is 6.18 Å². The van der Waals surface area contributed by atoms with Crippen LogP contribution in [-0.2, 0) is 9.13 Å². The molecular weight excluding hydrogens is 1090 g/mol. The van der Waals surface area contributed by atoms with Gasteiger partial charge in [-0.25, -0.2) is 4.79 Å². The molecule has 0 amide bonds. The fourth-order valence-electron chi connectivity index (χ4n) is 7.98. The second-order valence-electron chi connectivity index (χ2n) is 15.9. The molecule has 0 bridgehead atoms. The summed E-state index contributed by atoms with van der Waals surface area (Å²) in [5.41, 5.74) is -1.06. The van der Waals surface area contributed by atoms with Crippen LogP contribution >= 0.6 is 14.3 Å². The van der Waals surface area contributed by atoms with Crippen molar-refractivity contribution in [3.8, 4) is 5.75 Å². The molecule has 9 aromatic carbocycles. The van der Waals surface area contributed by atoms with Crippen LogP contribution in [0.3, 0.4) is 0 Å². The second-order valence-corrected chi connectivity index (χ2v) is 21.4. The Hall–Kier alpha value is -6.71. The molecule has 359 valence electrons. The van der Waals surface area contributed by atoms with Crippen molar-refractivity contribution in [2.75, 3.05) is 4.90 Å². The normalized spacial score (nSPS) is 11.2. The predicted molar refractivity (Wildman–Crippen MR) is 281 cm³/mol. The van der Waals surface area contributed by atoms with E-state index in [1.807, 2.05) is 248 Å². The van der Waals surface area contributed by atoms with E-state index < -0.39 is 43.2 Å². The van der Waals surface area contributed by atoms with Crippen LogP contribution in [0.2, 0.25) is 0 Å². The summed E-state index contributed by atoms with van der Waals surface area (Å²) in [5, 5.41) is 15.3. The van der Waals surface area contributed by atoms with Gasteiger partial charge in [-0.3, -0.25) is 4.79 Å². The first kappa shape index (κ1) is 53.1. The van der Waals surface area contributed by atoms with E-state index >= 15 is 0 Å². The summed E-state index contributed by atoms with van der Waals surface area (Å²) in [5.74, 6) is -3.52. The van der Waals surface area contributed by atoms with Gasteiger partial charge in [0.2, 0.25) is 0 Å². The molecular formula is C59H44EuF3NO6P2. The van der Waals surface area contributed by atoms with Crippen LogP contribution in [-0.4, -0.2) is 17.1 Å². The van der Waals surface area contributed by atoms with E-state index in [-0.39, 0.29) is 60.3 Å². The van der Waals surface area contributed by atoms with Crippen molar-refractivity contribution in [1.82, 2.24) is 0 Å². The number of ketones is 1. The van der Waals surface area contributed by atoms with Gasteiger partial charge in [-0.05, 0) is 36.4 Å². The Labute approximate surface area is 455 Å². The number of rotatable bonds is 10. The molecule has 0 atom stereocenters. The summed E-state index contributed by atoms with van der Waals surface area (Å²) in [6, 6.07) is 81.0. The zero-order chi connectivity index (χ0) is 49.9. The number of anilines is 3. The van der Waals surface area contributed by atoms with E-state index in [0.717, 1.165) is 43.2 Å². The minimum Gasteiger partial charge on any atom is -0.506 e. The number of aromatic hydroxyl groups is 1. The number of nitrogens with zero attached hydrogens (tertiary/aromatic N) is 1. The van der Waals surface area contributed by atoms with Crippen molar-refractivity contribution in [2.24, 2.45) is 0 Å². The van der Waals surface area contributed by atoms with Crippen LogP contribution in [0.15, 0.2) is 270 Å². The maximum absolute atomic E-state index is 13.8. The maximum atomic E-state index is 13.8. The van der Waals surface area contributed by atoms with Gasteiger partial charge in [0.05, 0.1) is 5.39 Å². The number of para-hydroxylation sites is 2. The molecule has 0 spiro atoms. The van der Waals surface area contributed by atoms with Gasteiger partial charge in [-0.15, -0.1) is 0 Å². The molecule has 72 heavy (non-hydrogen) atoms. The number of alkyl halides is 3. The number of fused-ring (bicyclic) bond motifs is 1. The number of benzene rings is 9. The van der Waals surface area contributed by atoms with Gasteiger partial charge < -0.3 is 23.6 Å². The van der Waals surface area contributed by atoms with Crippen molar-refractivity contribution in [3.05, 3.63) is 277 Å². The number of carbonyl (C=O) groups excluding carboxylic acids is 1. The zero-order valence-electron chi connectivity index (χ0n) is 38.2. The molecule has 10 aromatic rings. The monoisotopic (exact) mass is 1130 g/mol. The number of hydrogen-bond acceptors (Lipinski definition) is 7. The minimum atomic E-state index is -5.32. The van der Waals surface area contributed by atoms with Crippen molar-refractivity contribution >= 4 is 79.9 Å². The Morgan fingerprint density at radius 1 is 0.431 bits per heavy atom. The molecule has 1 heterocycles. The molecule has 1 aromatic heterocycles. The molecule has 0 saturated carbocycles. The van der Waals surface area contributed by atoms with Crippen LogP contribution in [0.25, 0.3) is 11.0 Å². The molecule has 10 rings (SSSR count). The summed E-state index contributed by atoms with van der Waals surface area (Å²) in [6.07, 6.45) is -5.32. The fraction of sp³-hybridized carbons (Fsp3) is 0.0169. The SMILES string of the molecule is O=C(c1c(O)c2ccc(N(c3ccccc3)c3ccccc3)cc2oc1=O)C(F)(F)F.O=P(c1ccccc1)(c1ccccc1)c1ccccc1.O=P(c1ccccc1)(c1ccccc1)c1ccccc1.[Eu]. The van der Waals surface area contributed by atoms with Gasteiger partial charge in [0, 0.05) is 104 Å². The van der Waals surface area contributed by atoms with Crippen LogP contribution < -0.4 is 42.4 Å². The molecule has 0 fully saturated rings. The van der Waals surface area contributed by atoms with Crippen LogP contribution in [0, 0.1) is 49.4 Å². The minimum absolute atomic E-state index is 0. The van der Waals surface area contributed by atoms with Gasteiger partial charge in [-0.2, -0.15) is 13.2 Å². The van der Waals surface area contributed by atoms with Gasteiger partial charge in [-0.1, -0.05) is 218 Å². The summed E-state index contributed by atoms with van der Waals surface area (Å²) >= 11 is 0. The quantitative estimate of drug-likeness (QED) is 0.0826. The standard InChI is InChI=1S/C23H14F3NO4.2C18H15OP.Eu/c24-23(25,26)21(29)19-20(28)17-12-11-16(13-18(17)31-22(19)30)27(14-7-3-1-4-8-14)15-9-5-2-6-10-15;2*19-20(16-10-4-1-5-11-16,17-12-6-2-7-13-17)18-14-8-3-9-15-18;/h1-13,28H;2*1-15H;. The van der Waals surface area contributed by atoms with E-state index in [2.05, 4.69) is 0 Å². The van der Waals surface area contributed by atoms with Crippen molar-refractivity contribution in [1.29, 1.82) is 0 Å². The van der Waals surface area contributed by atoms with Gasteiger partial charge >= 0.3 is 11.8 Å². The third kappa shape index (κ3) is 11.8. The van der Waals surface area contributed by atoms with Crippen molar-refractivity contribution in [3.63, 3.8) is 0 Å². The van der Waals surface area contributed by atoms with Crippen LogP contribution in [0.5, 0.6) is 5.75 Å². The van der Waals surface area contributed by atoms with E-state index in [4.69, 9.17) is 4.42 Å². The van der Waals surface area contributed by atoms with Gasteiger partial charge in [0.1, 0.15) is 11.3 Å². The van der Waals surface area contributed by atoms with E-state index in [9.17, 15) is 37.0 Å². The molecule has 13 heteroatoms. The van der Waals surface area contributed by atoms with E-state index in [1.165, 1.54) is 12.1 Å². The Morgan fingerprint density at radius 2 is 0.708 bits per heavy atom. The van der Waals surface area contributed by atoms with Gasteiger partial charge in [0.25, 0.3) is 5.78 Å². The largest absolute Gasteiger partial charge is 0.506 e. The third-order valence-electron chi connectivity index (χ3n) is 11.4. The van der Waals surface area contributed by atoms with Crippen molar-refractivity contribution < 1.29 is 86.0 Å². The summed E-state index contributed by atoms with van der Waals surface area (Å²) < 4.78 is 71.0. The fourth-order valence-corrected chi connectivity index (χ4v) is 13.3. The molecule has 7 nitrogen and oxygen atoms in total. The van der Waals surface area contributed by atoms with Crippen LogP contribution in [0.1, 0.15) is 10.4 Å². The first-order valence-corrected chi connectivity index (χ1v) is 25.7. The van der Waals surface area contributed by atoms with Crippen LogP contribution in [0.4, 0.5) is 30.2 Å². The average Bonchev–Trinajstić information content (AvgIpc) is 3.42. The summed E-state index contributed by atoms with van der Waals surface area (Å²) in [7, 11) is -5.55. The van der Waals surface area contributed by atoms with E-state index in [1.54, 1.807) is 6.07 Å². The number of hydrogen-bond donors (Lipinski definition) is 1. The Kier molecular flexibility index (Phi) is 17.8. The number of Topliss-reactive ketones (excluding diaryl/α,β-unsaturated/α-hetero) is 1. The molecule has 0 saturated heterocycles. The molecule has 0 aliphatic heterocycles. The predicted octanol–water partition coefficient (Wildman–Crippen LogP) is 12.4. The zero-order valence-corrected chi connectivity index (χ0v) is 42.4. The molecule has 1 radical (unpaired) electrons. The molecule has 0 unspecified atom stereocenters. The average molecular weight is 1130 g/mol. The van der Waals surface area contributed by atoms with E-state index in [0.29, 0.717) is 5.69 Å². The summed E-state index contributed by atoms with van der Waals surface area (Å²) in [4.78, 5) is 25.5. The third-order valence-corrected chi connectivity index (χ3v) is 17.5. The molecule has 1 N–H and O–H groups in total. The maximum Gasteiger partial charge on any atom is 0.455 e. The Morgan fingerprint density at radius 3 is 0.986 bits per heavy atom. The Bertz CT molecular complexity index is 3130. The first-order valence-electron chi connectivity index (χ1n) is 22.3. The summed E-state index contributed by atoms with van der Waals surface area (Å²) in [6.45, 7) is 0. The smallest absolute Gasteiger partial charge is 0.455 e. The first-order chi connectivity index (χ1) is 34.4. The number of carbonyl (C=O) groups is 1.